The number of hydrogen-bond acceptors (Lipinski definition) is 5. The molecule has 2 aromatic heterocycles. The molecule has 1 saturated heterocycles. The van der Waals surface area contributed by atoms with Crippen molar-refractivity contribution in [2.75, 3.05) is 11.5 Å². The molecule has 1 N–H and O–H groups in total. The van der Waals surface area contributed by atoms with Gasteiger partial charge in [-0.15, -0.1) is 0 Å². The number of sulfone groups is 1. The summed E-state index contributed by atoms with van der Waals surface area (Å²) in [7, 11) is -3.37. The van der Waals surface area contributed by atoms with E-state index < -0.39 is 51.2 Å². The van der Waals surface area contributed by atoms with E-state index in [-0.39, 0.29) is 45.4 Å². The Bertz CT molecular complexity index is 1690. The molecule has 204 valence electrons. The summed E-state index contributed by atoms with van der Waals surface area (Å²) < 4.78 is 92.5. The van der Waals surface area contributed by atoms with E-state index in [1.54, 1.807) is 24.3 Å². The Kier molecular flexibility index (Phi) is 6.83. The lowest BCUT2D eigenvalue weighted by atomic mass is 9.99. The van der Waals surface area contributed by atoms with Crippen LogP contribution in [0, 0.1) is 0 Å². The Balaban J connectivity index is 1.73. The van der Waals surface area contributed by atoms with Crippen LogP contribution in [0.5, 0.6) is 0 Å². The third-order valence-corrected chi connectivity index (χ3v) is 8.42. The highest BCUT2D eigenvalue weighted by Crippen LogP contribution is 2.39. The molecule has 1 amide bonds. The van der Waals surface area contributed by atoms with Gasteiger partial charge in [0.25, 0.3) is 12.3 Å². The van der Waals surface area contributed by atoms with Crippen molar-refractivity contribution in [1.82, 2.24) is 19.9 Å². The highest BCUT2D eigenvalue weighted by atomic mass is 35.5. The molecule has 2 aromatic carbocycles. The van der Waals surface area contributed by atoms with Crippen LogP contribution in [0.2, 0.25) is 5.02 Å². The van der Waals surface area contributed by atoms with Gasteiger partial charge >= 0.3 is 6.18 Å². The molecular weight excluding hydrogens is 567 g/mol. The maximum absolute atomic E-state index is 14.1. The molecule has 5 rings (SSSR count). The van der Waals surface area contributed by atoms with Crippen LogP contribution < -0.4 is 5.32 Å². The van der Waals surface area contributed by atoms with Crippen molar-refractivity contribution in [1.29, 1.82) is 0 Å². The standard InChI is InChI=1S/C25H18ClF5N4O3S/c26-18-4-2-1-3-16(18)17-11-32-23-19(24(36)33-15-9-10-39(37,38)12-15)20(22(27)28)34-35(23)21(17)13-5-7-14(8-6-13)25(29,30)31/h1-8,11,15,22H,9-10,12H2,(H,33,36). The maximum Gasteiger partial charge on any atom is 0.416 e. The summed E-state index contributed by atoms with van der Waals surface area (Å²) in [5, 5.41) is 6.69. The first-order valence-electron chi connectivity index (χ1n) is 11.5. The van der Waals surface area contributed by atoms with Crippen LogP contribution in [0.4, 0.5) is 22.0 Å². The highest BCUT2D eigenvalue weighted by molar-refractivity contribution is 7.91. The molecule has 3 heterocycles. The Hall–Kier alpha value is -3.58. The first kappa shape index (κ1) is 27.0. The van der Waals surface area contributed by atoms with Crippen LogP contribution in [0.15, 0.2) is 54.7 Å². The Morgan fingerprint density at radius 3 is 2.36 bits per heavy atom. The zero-order valence-corrected chi connectivity index (χ0v) is 21.3. The van der Waals surface area contributed by atoms with Gasteiger partial charge < -0.3 is 5.32 Å². The molecule has 0 spiro atoms. The minimum Gasteiger partial charge on any atom is -0.348 e. The fraction of sp³-hybridized carbons (Fsp3) is 0.240. The zero-order valence-electron chi connectivity index (χ0n) is 19.7. The normalized spacial score (nSPS) is 17.2. The molecule has 1 fully saturated rings. The number of carbonyl (C=O) groups excluding carboxylic acids is 1. The largest absolute Gasteiger partial charge is 0.416 e. The van der Waals surface area contributed by atoms with E-state index >= 15 is 0 Å². The lowest BCUT2D eigenvalue weighted by Gasteiger charge is -2.15. The summed E-state index contributed by atoms with van der Waals surface area (Å²) in [5.41, 5.74) is -1.76. The number of fused-ring (bicyclic) bond motifs is 1. The number of nitrogens with one attached hydrogen (secondary N) is 1. The van der Waals surface area contributed by atoms with Gasteiger partial charge in [-0.25, -0.2) is 26.7 Å². The third-order valence-electron chi connectivity index (χ3n) is 6.32. The fourth-order valence-corrected chi connectivity index (χ4v) is 6.42. The Labute approximate surface area is 223 Å². The molecule has 0 saturated carbocycles. The van der Waals surface area contributed by atoms with Gasteiger partial charge in [-0.1, -0.05) is 41.9 Å². The molecule has 7 nitrogen and oxygen atoms in total. The molecule has 0 bridgehead atoms. The van der Waals surface area contributed by atoms with Crippen LogP contribution in [0.25, 0.3) is 28.0 Å². The van der Waals surface area contributed by atoms with Crippen molar-refractivity contribution >= 4 is 33.0 Å². The summed E-state index contributed by atoms with van der Waals surface area (Å²) in [5.74, 6) is -1.46. The monoisotopic (exact) mass is 584 g/mol. The van der Waals surface area contributed by atoms with E-state index in [1.807, 2.05) is 0 Å². The van der Waals surface area contributed by atoms with Gasteiger partial charge in [0.2, 0.25) is 0 Å². The summed E-state index contributed by atoms with van der Waals surface area (Å²) in [6, 6.07) is 9.71. The molecule has 1 unspecified atom stereocenters. The quantitative estimate of drug-likeness (QED) is 0.309. The maximum atomic E-state index is 14.1. The second-order valence-electron chi connectivity index (χ2n) is 8.95. The lowest BCUT2D eigenvalue weighted by molar-refractivity contribution is -0.137. The van der Waals surface area contributed by atoms with Gasteiger partial charge in [-0.3, -0.25) is 4.79 Å². The molecule has 4 aromatic rings. The zero-order chi connectivity index (χ0) is 28.1. The molecule has 1 aliphatic heterocycles. The Morgan fingerprint density at radius 1 is 1.08 bits per heavy atom. The first-order chi connectivity index (χ1) is 18.4. The van der Waals surface area contributed by atoms with Crippen LogP contribution in [-0.2, 0) is 16.0 Å². The van der Waals surface area contributed by atoms with E-state index in [1.165, 1.54) is 6.20 Å². The summed E-state index contributed by atoms with van der Waals surface area (Å²) in [4.78, 5) is 17.4. The fourth-order valence-electron chi connectivity index (χ4n) is 4.51. The number of hydrogen-bond donors (Lipinski definition) is 1. The van der Waals surface area contributed by atoms with Crippen LogP contribution in [0.3, 0.4) is 0 Å². The topological polar surface area (TPSA) is 93.4 Å². The average Bonchev–Trinajstić information content (AvgIpc) is 3.43. The predicted molar refractivity (Wildman–Crippen MR) is 133 cm³/mol. The van der Waals surface area contributed by atoms with E-state index in [0.29, 0.717) is 5.56 Å². The molecule has 0 aliphatic carbocycles. The van der Waals surface area contributed by atoms with Crippen molar-refractivity contribution < 1.29 is 35.2 Å². The summed E-state index contributed by atoms with van der Waals surface area (Å²) in [6.45, 7) is 0. The van der Waals surface area contributed by atoms with Crippen LogP contribution >= 0.6 is 11.6 Å². The second kappa shape index (κ2) is 9.87. The van der Waals surface area contributed by atoms with Crippen molar-refractivity contribution in [3.05, 3.63) is 76.6 Å². The SMILES string of the molecule is O=C(NC1CCS(=O)(=O)C1)c1c(C(F)F)nn2c(-c3ccc(C(F)(F)F)cc3)c(-c3ccccc3Cl)cnc12. The van der Waals surface area contributed by atoms with Crippen LogP contribution in [-0.4, -0.2) is 46.5 Å². The smallest absolute Gasteiger partial charge is 0.348 e. The van der Waals surface area contributed by atoms with Crippen molar-refractivity contribution in [2.24, 2.45) is 0 Å². The number of alkyl halides is 5. The van der Waals surface area contributed by atoms with E-state index in [4.69, 9.17) is 11.6 Å². The second-order valence-corrected chi connectivity index (χ2v) is 11.6. The number of aromatic nitrogens is 3. The number of benzene rings is 2. The van der Waals surface area contributed by atoms with E-state index in [0.717, 1.165) is 28.8 Å². The first-order valence-corrected chi connectivity index (χ1v) is 13.7. The molecule has 1 atom stereocenters. The molecule has 0 radical (unpaired) electrons. The van der Waals surface area contributed by atoms with Crippen molar-refractivity contribution in [3.8, 4) is 22.4 Å². The summed E-state index contributed by atoms with van der Waals surface area (Å²) >= 11 is 6.37. The van der Waals surface area contributed by atoms with E-state index in [9.17, 15) is 35.2 Å². The number of carbonyl (C=O) groups is 1. The molecular formula is C25H18ClF5N4O3S. The van der Waals surface area contributed by atoms with Gasteiger partial charge in [0.05, 0.1) is 22.8 Å². The minimum absolute atomic E-state index is 0.0752. The molecule has 1 aliphatic rings. The van der Waals surface area contributed by atoms with Gasteiger partial charge in [0, 0.05) is 34.0 Å². The van der Waals surface area contributed by atoms with Gasteiger partial charge in [0.1, 0.15) is 11.3 Å². The predicted octanol–water partition coefficient (Wildman–Crippen LogP) is 5.59. The average molecular weight is 585 g/mol. The molecule has 39 heavy (non-hydrogen) atoms. The van der Waals surface area contributed by atoms with Gasteiger partial charge in [0.15, 0.2) is 15.5 Å². The van der Waals surface area contributed by atoms with Crippen molar-refractivity contribution in [3.63, 3.8) is 0 Å². The van der Waals surface area contributed by atoms with Gasteiger partial charge in [-0.05, 0) is 24.6 Å². The molecule has 14 heteroatoms. The third kappa shape index (κ3) is 5.20. The number of halogens is 6. The van der Waals surface area contributed by atoms with E-state index in [2.05, 4.69) is 15.4 Å². The number of rotatable bonds is 5. The highest BCUT2D eigenvalue weighted by Gasteiger charge is 2.34. The number of nitrogens with zero attached hydrogens (tertiary/aromatic N) is 3. The number of amides is 1. The lowest BCUT2D eigenvalue weighted by Crippen LogP contribution is -2.36. The van der Waals surface area contributed by atoms with Gasteiger partial charge in [-0.2, -0.15) is 18.3 Å². The van der Waals surface area contributed by atoms with Crippen LogP contribution in [0.1, 0.15) is 34.5 Å². The minimum atomic E-state index is -4.61. The summed E-state index contributed by atoms with van der Waals surface area (Å²) in [6.07, 6.45) is -6.43. The van der Waals surface area contributed by atoms with Crippen molar-refractivity contribution in [2.45, 2.75) is 25.1 Å². The Morgan fingerprint density at radius 2 is 1.77 bits per heavy atom.